The number of rotatable bonds is 8. The topological polar surface area (TPSA) is 59.0 Å². The fourth-order valence-corrected chi connectivity index (χ4v) is 5.74. The van der Waals surface area contributed by atoms with Crippen molar-refractivity contribution >= 4 is 22.6 Å². The second-order valence-corrected chi connectivity index (χ2v) is 10.3. The molecule has 1 aliphatic rings. The Labute approximate surface area is 226 Å². The molecule has 1 aliphatic heterocycles. The Morgan fingerprint density at radius 1 is 1.08 bits per heavy atom. The average molecular weight is 535 g/mol. The van der Waals surface area contributed by atoms with E-state index in [1.165, 1.54) is 0 Å². The van der Waals surface area contributed by atoms with Crippen LogP contribution >= 0.6 is 0 Å². The van der Waals surface area contributed by atoms with E-state index in [1.54, 1.807) is 18.5 Å². The monoisotopic (exact) mass is 534 g/mol. The quantitative estimate of drug-likeness (QED) is 0.253. The number of piperidine rings is 1. The zero-order chi connectivity index (χ0) is 27.4. The van der Waals surface area contributed by atoms with Crippen LogP contribution in [-0.4, -0.2) is 28.5 Å². The smallest absolute Gasteiger partial charge is 0.326 e. The van der Waals surface area contributed by atoms with Crippen LogP contribution in [0.2, 0.25) is 0 Å². The predicted octanol–water partition coefficient (Wildman–Crippen LogP) is 7.11. The average Bonchev–Trinajstić information content (AvgIpc) is 3.36. The van der Waals surface area contributed by atoms with Gasteiger partial charge in [0.2, 0.25) is 5.91 Å². The maximum absolute atomic E-state index is 14.2. The summed E-state index contributed by atoms with van der Waals surface area (Å²) in [5, 5.41) is 5.98. The van der Waals surface area contributed by atoms with E-state index >= 15 is 0 Å². The number of para-hydroxylation sites is 2. The van der Waals surface area contributed by atoms with Gasteiger partial charge in [-0.1, -0.05) is 43.7 Å². The Morgan fingerprint density at radius 3 is 2.54 bits per heavy atom. The summed E-state index contributed by atoms with van der Waals surface area (Å²) in [6.07, 6.45) is 0.589. The fourth-order valence-electron chi connectivity index (χ4n) is 5.74. The summed E-state index contributed by atoms with van der Waals surface area (Å²) in [5.41, 5.74) is 3.41. The fraction of sp³-hybridized carbons (Fsp3) is 0.355. The number of alkyl halides is 3. The van der Waals surface area contributed by atoms with Gasteiger partial charge in [-0.15, -0.1) is 0 Å². The Bertz CT molecular complexity index is 1420. The molecular weight excluding hydrogens is 501 g/mol. The molecule has 39 heavy (non-hydrogen) atoms. The molecule has 3 aromatic carbocycles. The first-order chi connectivity index (χ1) is 18.8. The van der Waals surface area contributed by atoms with Crippen LogP contribution in [0.5, 0.6) is 0 Å². The van der Waals surface area contributed by atoms with E-state index < -0.39 is 11.7 Å². The van der Waals surface area contributed by atoms with Crippen molar-refractivity contribution < 1.29 is 18.0 Å². The number of carbonyl (C=O) groups is 1. The van der Waals surface area contributed by atoms with Crippen LogP contribution < -0.4 is 10.6 Å². The van der Waals surface area contributed by atoms with Gasteiger partial charge in [0.15, 0.2) is 0 Å². The molecule has 4 aromatic rings. The van der Waals surface area contributed by atoms with Gasteiger partial charge in [-0.05, 0) is 91.7 Å². The first-order valence-corrected chi connectivity index (χ1v) is 13.6. The van der Waals surface area contributed by atoms with Crippen molar-refractivity contribution in [2.24, 2.45) is 5.92 Å². The minimum Gasteiger partial charge on any atom is -0.326 e. The molecule has 2 N–H and O–H groups in total. The molecule has 0 bridgehead atoms. The van der Waals surface area contributed by atoms with E-state index in [0.717, 1.165) is 60.7 Å². The summed E-state index contributed by atoms with van der Waals surface area (Å²) in [7, 11) is 0. The Morgan fingerprint density at radius 2 is 1.82 bits per heavy atom. The SMILES string of the molecule is CCCC(c1ccc(NC(=O)Cc2ccc(-n3cnc4ccccc43)cc2)cc1C(F)(F)F)C1CCNCC1. The molecule has 0 saturated carbocycles. The van der Waals surface area contributed by atoms with Gasteiger partial charge in [-0.3, -0.25) is 9.36 Å². The van der Waals surface area contributed by atoms with Gasteiger partial charge in [-0.2, -0.15) is 13.2 Å². The molecule has 1 unspecified atom stereocenters. The lowest BCUT2D eigenvalue weighted by molar-refractivity contribution is -0.138. The largest absolute Gasteiger partial charge is 0.416 e. The molecule has 0 aliphatic carbocycles. The van der Waals surface area contributed by atoms with Crippen LogP contribution in [0.1, 0.15) is 55.2 Å². The number of fused-ring (bicyclic) bond motifs is 1. The van der Waals surface area contributed by atoms with Gasteiger partial charge in [0, 0.05) is 11.4 Å². The van der Waals surface area contributed by atoms with E-state index in [-0.39, 0.29) is 29.9 Å². The van der Waals surface area contributed by atoms with Crippen molar-refractivity contribution in [3.63, 3.8) is 0 Å². The summed E-state index contributed by atoms with van der Waals surface area (Å²) in [6.45, 7) is 3.68. The first-order valence-electron chi connectivity index (χ1n) is 13.6. The molecule has 1 saturated heterocycles. The highest BCUT2D eigenvalue weighted by atomic mass is 19.4. The highest BCUT2D eigenvalue weighted by Crippen LogP contribution is 2.43. The van der Waals surface area contributed by atoms with Crippen LogP contribution in [-0.2, 0) is 17.4 Å². The minimum atomic E-state index is -4.50. The van der Waals surface area contributed by atoms with E-state index in [9.17, 15) is 18.0 Å². The standard InChI is InChI=1S/C31H33F3N4O/c1-2-5-25(22-14-16-35-17-15-22)26-13-10-23(19-27(26)31(32,33)34)37-30(39)18-21-8-11-24(12-9-21)38-20-36-28-6-3-4-7-29(28)38/h3-4,6-13,19-20,22,25,35H,2,5,14-18H2,1H3,(H,37,39). The van der Waals surface area contributed by atoms with Gasteiger partial charge in [-0.25, -0.2) is 4.98 Å². The number of hydrogen-bond acceptors (Lipinski definition) is 3. The van der Waals surface area contributed by atoms with E-state index in [4.69, 9.17) is 0 Å². The lowest BCUT2D eigenvalue weighted by Crippen LogP contribution is -2.31. The van der Waals surface area contributed by atoms with Gasteiger partial charge < -0.3 is 10.6 Å². The number of amides is 1. The van der Waals surface area contributed by atoms with Crippen molar-refractivity contribution in [3.8, 4) is 5.69 Å². The number of anilines is 1. The zero-order valence-corrected chi connectivity index (χ0v) is 22.0. The van der Waals surface area contributed by atoms with E-state index in [1.807, 2.05) is 60.0 Å². The van der Waals surface area contributed by atoms with Crippen LogP contribution in [0.3, 0.4) is 0 Å². The van der Waals surface area contributed by atoms with Crippen LogP contribution in [0.25, 0.3) is 16.7 Å². The third-order valence-electron chi connectivity index (χ3n) is 7.63. The third kappa shape index (κ3) is 6.17. The lowest BCUT2D eigenvalue weighted by Gasteiger charge is -2.32. The number of benzene rings is 3. The third-order valence-corrected chi connectivity index (χ3v) is 7.63. The van der Waals surface area contributed by atoms with E-state index in [0.29, 0.717) is 12.0 Å². The summed E-state index contributed by atoms with van der Waals surface area (Å²) < 4.78 is 44.6. The van der Waals surface area contributed by atoms with Gasteiger partial charge in [0.05, 0.1) is 23.0 Å². The first kappa shape index (κ1) is 26.9. The minimum absolute atomic E-state index is 0.0571. The second-order valence-electron chi connectivity index (χ2n) is 10.3. The summed E-state index contributed by atoms with van der Waals surface area (Å²) in [5.74, 6) is -0.291. The highest BCUT2D eigenvalue weighted by Gasteiger charge is 2.37. The van der Waals surface area contributed by atoms with Crippen LogP contribution in [0.4, 0.5) is 18.9 Å². The molecular formula is C31H33F3N4O. The molecule has 1 aromatic heterocycles. The number of aromatic nitrogens is 2. The van der Waals surface area contributed by atoms with Gasteiger partial charge >= 0.3 is 6.18 Å². The number of carbonyl (C=O) groups excluding carboxylic acids is 1. The Hall–Kier alpha value is -3.65. The second kappa shape index (κ2) is 11.6. The van der Waals surface area contributed by atoms with Crippen LogP contribution in [0, 0.1) is 5.92 Å². The van der Waals surface area contributed by atoms with Crippen molar-refractivity contribution in [3.05, 3.63) is 89.7 Å². The molecule has 0 radical (unpaired) electrons. The molecule has 1 fully saturated rings. The van der Waals surface area contributed by atoms with Crippen molar-refractivity contribution in [2.45, 2.75) is 51.1 Å². The van der Waals surface area contributed by atoms with Crippen molar-refractivity contribution in [1.82, 2.24) is 14.9 Å². The molecule has 0 spiro atoms. The molecule has 5 rings (SSSR count). The number of nitrogens with zero attached hydrogens (tertiary/aromatic N) is 2. The van der Waals surface area contributed by atoms with Gasteiger partial charge in [0.1, 0.15) is 6.33 Å². The summed E-state index contributed by atoms with van der Waals surface area (Å²) >= 11 is 0. The Kier molecular flexibility index (Phi) is 8.02. The predicted molar refractivity (Wildman–Crippen MR) is 148 cm³/mol. The highest BCUT2D eigenvalue weighted by molar-refractivity contribution is 5.92. The normalized spacial score (nSPS) is 15.4. The molecule has 1 atom stereocenters. The summed E-state index contributed by atoms with van der Waals surface area (Å²) in [6, 6.07) is 19.6. The Balaban J connectivity index is 1.31. The molecule has 5 nitrogen and oxygen atoms in total. The van der Waals surface area contributed by atoms with Crippen molar-refractivity contribution in [2.75, 3.05) is 18.4 Å². The number of halogens is 3. The lowest BCUT2D eigenvalue weighted by atomic mass is 9.76. The van der Waals surface area contributed by atoms with Crippen LogP contribution in [0.15, 0.2) is 73.1 Å². The molecule has 204 valence electrons. The van der Waals surface area contributed by atoms with Gasteiger partial charge in [0.25, 0.3) is 0 Å². The maximum Gasteiger partial charge on any atom is 0.416 e. The number of hydrogen-bond donors (Lipinski definition) is 2. The number of imidazole rings is 1. The molecule has 8 heteroatoms. The molecule has 1 amide bonds. The maximum atomic E-state index is 14.2. The summed E-state index contributed by atoms with van der Waals surface area (Å²) in [4.78, 5) is 17.2. The zero-order valence-electron chi connectivity index (χ0n) is 22.0. The number of nitrogens with one attached hydrogen (secondary N) is 2. The van der Waals surface area contributed by atoms with E-state index in [2.05, 4.69) is 15.6 Å². The van der Waals surface area contributed by atoms with Crippen molar-refractivity contribution in [1.29, 1.82) is 0 Å². The molecule has 2 heterocycles.